The molecule has 3 aromatic carbocycles. The van der Waals surface area contributed by atoms with Gasteiger partial charge in [-0.15, -0.1) is 6.58 Å². The van der Waals surface area contributed by atoms with Gasteiger partial charge < -0.3 is 10.5 Å². The number of para-hydroxylation sites is 1. The Labute approximate surface area is 181 Å². The Morgan fingerprint density at radius 2 is 1.84 bits per heavy atom. The molecule has 0 saturated heterocycles. The predicted molar refractivity (Wildman–Crippen MR) is 122 cm³/mol. The molecule has 2 aliphatic rings. The van der Waals surface area contributed by atoms with Crippen LogP contribution in [0.1, 0.15) is 51.3 Å². The van der Waals surface area contributed by atoms with E-state index in [-0.39, 0.29) is 6.04 Å². The van der Waals surface area contributed by atoms with Gasteiger partial charge in [-0.2, -0.15) is 5.10 Å². The highest BCUT2D eigenvalue weighted by molar-refractivity contribution is 6.04. The molecule has 3 aromatic rings. The van der Waals surface area contributed by atoms with E-state index in [0.29, 0.717) is 12.0 Å². The van der Waals surface area contributed by atoms with Gasteiger partial charge in [0.25, 0.3) is 0 Å². The number of hydrazone groups is 1. The van der Waals surface area contributed by atoms with E-state index in [0.717, 1.165) is 52.1 Å². The van der Waals surface area contributed by atoms with Crippen molar-refractivity contribution in [1.82, 2.24) is 5.01 Å². The fourth-order valence-corrected chi connectivity index (χ4v) is 4.49. The maximum atomic E-state index is 11.7. The second-order valence-electron chi connectivity index (χ2n) is 7.77. The molecule has 2 N–H and O–H groups in total. The molecular weight excluding hydrogens is 386 g/mol. The summed E-state index contributed by atoms with van der Waals surface area (Å²) in [5.41, 5.74) is 12.6. The molecule has 0 radical (unpaired) electrons. The summed E-state index contributed by atoms with van der Waals surface area (Å²) in [6.07, 6.45) is 3.65. The van der Waals surface area contributed by atoms with Gasteiger partial charge in [0, 0.05) is 34.4 Å². The van der Waals surface area contributed by atoms with Crippen LogP contribution < -0.4 is 10.5 Å². The Kier molecular flexibility index (Phi) is 4.79. The summed E-state index contributed by atoms with van der Waals surface area (Å²) in [5.74, 6) is 0.824. The molecule has 2 heterocycles. The fourth-order valence-electron chi connectivity index (χ4n) is 4.49. The van der Waals surface area contributed by atoms with Crippen LogP contribution in [-0.2, 0) is 6.42 Å². The minimum absolute atomic E-state index is 0.0164. The largest absolute Gasteiger partial charge is 0.464 e. The first-order valence-corrected chi connectivity index (χ1v) is 10.4. The molecule has 0 bridgehead atoms. The van der Waals surface area contributed by atoms with Gasteiger partial charge in [-0.05, 0) is 24.1 Å². The molecule has 2 atom stereocenters. The Hall–Kier alpha value is -3.86. The number of ether oxygens (including phenoxy) is 1. The first kappa shape index (κ1) is 19.1. The molecule has 0 fully saturated rings. The number of benzene rings is 3. The molecule has 5 heteroatoms. The summed E-state index contributed by atoms with van der Waals surface area (Å²) in [6, 6.07) is 21.5. The van der Waals surface area contributed by atoms with Crippen molar-refractivity contribution in [2.24, 2.45) is 5.10 Å². The number of nitrogens with zero attached hydrogens (tertiary/aromatic N) is 2. The lowest BCUT2D eigenvalue weighted by Gasteiger charge is -2.38. The molecule has 0 saturated carbocycles. The van der Waals surface area contributed by atoms with Crippen molar-refractivity contribution in [2.45, 2.75) is 25.1 Å². The number of hydrogen-bond donors (Lipinski definition) is 1. The number of nitrogens with two attached hydrogens (primary N) is 1. The van der Waals surface area contributed by atoms with E-state index in [9.17, 15) is 4.79 Å². The highest BCUT2D eigenvalue weighted by Gasteiger charge is 2.41. The summed E-state index contributed by atoms with van der Waals surface area (Å²) in [7, 11) is 0. The number of aldehydes is 1. The Morgan fingerprint density at radius 3 is 2.65 bits per heavy atom. The van der Waals surface area contributed by atoms with Gasteiger partial charge in [0.05, 0.1) is 11.8 Å². The lowest BCUT2D eigenvalue weighted by atomic mass is 9.92. The topological polar surface area (TPSA) is 67.9 Å². The van der Waals surface area contributed by atoms with Crippen molar-refractivity contribution in [1.29, 1.82) is 0 Å². The number of carbonyl (C=O) groups excluding carboxylic acids is 1. The lowest BCUT2D eigenvalue weighted by molar-refractivity contribution is -0.0193. The third-order valence-electron chi connectivity index (χ3n) is 5.96. The number of allylic oxidation sites excluding steroid dienone is 1. The quantitative estimate of drug-likeness (QED) is 0.364. The predicted octanol–water partition coefficient (Wildman–Crippen LogP) is 5.05. The van der Waals surface area contributed by atoms with Crippen LogP contribution in [0.4, 0.5) is 5.69 Å². The Bertz CT molecular complexity index is 1200. The summed E-state index contributed by atoms with van der Waals surface area (Å²) in [5, 5.41) is 7.00. The van der Waals surface area contributed by atoms with Crippen molar-refractivity contribution in [3.05, 3.63) is 107 Å². The molecule has 5 nitrogen and oxygen atoms in total. The smallest absolute Gasteiger partial charge is 0.214 e. The van der Waals surface area contributed by atoms with Crippen molar-refractivity contribution in [3.8, 4) is 5.75 Å². The van der Waals surface area contributed by atoms with Crippen LogP contribution >= 0.6 is 0 Å². The molecule has 0 aliphatic carbocycles. The van der Waals surface area contributed by atoms with E-state index in [1.54, 1.807) is 0 Å². The first-order valence-electron chi connectivity index (χ1n) is 10.4. The van der Waals surface area contributed by atoms with Gasteiger partial charge in [-0.25, -0.2) is 5.01 Å². The fraction of sp³-hybridized carbons (Fsp3) is 0.154. The number of hydrogen-bond acceptors (Lipinski definition) is 5. The second-order valence-corrected chi connectivity index (χ2v) is 7.77. The molecule has 2 unspecified atom stereocenters. The number of nitrogen functional groups attached to an aromatic ring is 1. The highest BCUT2D eigenvalue weighted by Crippen LogP contribution is 2.48. The lowest BCUT2D eigenvalue weighted by Crippen LogP contribution is -2.34. The van der Waals surface area contributed by atoms with Gasteiger partial charge in [0.2, 0.25) is 6.23 Å². The Morgan fingerprint density at radius 1 is 1.06 bits per heavy atom. The van der Waals surface area contributed by atoms with E-state index < -0.39 is 6.23 Å². The first-order chi connectivity index (χ1) is 15.2. The zero-order valence-corrected chi connectivity index (χ0v) is 17.1. The van der Waals surface area contributed by atoms with Crippen molar-refractivity contribution >= 4 is 17.7 Å². The maximum Gasteiger partial charge on any atom is 0.214 e. The van der Waals surface area contributed by atoms with E-state index >= 15 is 0 Å². The van der Waals surface area contributed by atoms with Crippen LogP contribution in [0.2, 0.25) is 0 Å². The molecule has 0 spiro atoms. The van der Waals surface area contributed by atoms with E-state index in [1.807, 2.05) is 65.7 Å². The molecular formula is C26H23N3O2. The zero-order chi connectivity index (χ0) is 21.4. The monoisotopic (exact) mass is 409 g/mol. The summed E-state index contributed by atoms with van der Waals surface area (Å²) < 4.78 is 6.38. The van der Waals surface area contributed by atoms with E-state index in [4.69, 9.17) is 15.6 Å². The SMILES string of the molecule is C=CCc1c(N)cccc1C1=NN2C(C1)c1ccccc1OC2c1ccccc1C=O. The summed E-state index contributed by atoms with van der Waals surface area (Å²) in [6.45, 7) is 3.88. The molecule has 0 amide bonds. The van der Waals surface area contributed by atoms with Crippen LogP contribution in [0.15, 0.2) is 84.5 Å². The Balaban J connectivity index is 1.64. The van der Waals surface area contributed by atoms with Gasteiger partial charge >= 0.3 is 0 Å². The highest BCUT2D eigenvalue weighted by atomic mass is 16.5. The van der Waals surface area contributed by atoms with Crippen LogP contribution in [0.5, 0.6) is 5.75 Å². The van der Waals surface area contributed by atoms with Gasteiger partial charge in [-0.3, -0.25) is 4.79 Å². The molecule has 154 valence electrons. The second kappa shape index (κ2) is 7.76. The van der Waals surface area contributed by atoms with Gasteiger partial charge in [-0.1, -0.05) is 60.7 Å². The third-order valence-corrected chi connectivity index (χ3v) is 5.96. The zero-order valence-electron chi connectivity index (χ0n) is 17.1. The van der Waals surface area contributed by atoms with Crippen molar-refractivity contribution in [2.75, 3.05) is 5.73 Å². The minimum Gasteiger partial charge on any atom is -0.464 e. The normalized spacial score (nSPS) is 19.1. The standard InChI is InChI=1S/C26H23N3O2/c1-2-8-19-20(12-7-13-22(19)27)23-15-24-21-11-5-6-14-25(21)31-26(29(24)28-23)18-10-4-3-9-17(18)16-30/h2-7,9-14,16,24,26H,1,8,15,27H2. The van der Waals surface area contributed by atoms with Gasteiger partial charge in [0.15, 0.2) is 6.29 Å². The van der Waals surface area contributed by atoms with Crippen LogP contribution in [-0.4, -0.2) is 17.0 Å². The van der Waals surface area contributed by atoms with Crippen molar-refractivity contribution < 1.29 is 9.53 Å². The van der Waals surface area contributed by atoms with Crippen LogP contribution in [0, 0.1) is 0 Å². The van der Waals surface area contributed by atoms with Crippen LogP contribution in [0.3, 0.4) is 0 Å². The summed E-state index contributed by atoms with van der Waals surface area (Å²) in [4.78, 5) is 11.7. The number of fused-ring (bicyclic) bond motifs is 3. The van der Waals surface area contributed by atoms with E-state index in [1.165, 1.54) is 0 Å². The molecule has 5 rings (SSSR count). The average molecular weight is 409 g/mol. The molecule has 31 heavy (non-hydrogen) atoms. The molecule has 2 aliphatic heterocycles. The maximum absolute atomic E-state index is 11.7. The minimum atomic E-state index is -0.484. The number of anilines is 1. The third kappa shape index (κ3) is 3.19. The average Bonchev–Trinajstić information content (AvgIpc) is 3.25. The number of rotatable bonds is 5. The number of carbonyl (C=O) groups is 1. The van der Waals surface area contributed by atoms with E-state index in [2.05, 4.69) is 18.7 Å². The molecule has 0 aromatic heterocycles. The van der Waals surface area contributed by atoms with Gasteiger partial charge in [0.1, 0.15) is 5.75 Å². The summed E-state index contributed by atoms with van der Waals surface area (Å²) >= 11 is 0. The van der Waals surface area contributed by atoms with Crippen molar-refractivity contribution in [3.63, 3.8) is 0 Å². The van der Waals surface area contributed by atoms with Crippen LogP contribution in [0.25, 0.3) is 0 Å².